The van der Waals surface area contributed by atoms with Crippen molar-refractivity contribution in [2.24, 2.45) is 0 Å². The minimum atomic E-state index is 0.515. The Morgan fingerprint density at radius 3 is 2.83 bits per heavy atom. The molecule has 6 nitrogen and oxygen atoms in total. The fraction of sp³-hybridized carbons (Fsp3) is 0. The number of nitrogens with two attached hydrogens (primary N) is 1. The van der Waals surface area contributed by atoms with E-state index in [4.69, 9.17) is 5.73 Å². The molecule has 0 bridgehead atoms. The highest BCUT2D eigenvalue weighted by Gasteiger charge is 2.11. The SMILES string of the molecule is Nc1cccc(Nc2nc(-c3cccnc3)c3[nH]ccc3n2)c1. The number of hydrogen-bond donors (Lipinski definition) is 3. The van der Waals surface area contributed by atoms with Gasteiger partial charge in [0.05, 0.1) is 11.0 Å². The molecule has 0 aliphatic rings. The third-order valence-corrected chi connectivity index (χ3v) is 3.48. The van der Waals surface area contributed by atoms with Crippen molar-refractivity contribution >= 4 is 28.4 Å². The number of rotatable bonds is 3. The molecule has 0 aliphatic carbocycles. The fourth-order valence-corrected chi connectivity index (χ4v) is 2.46. The molecule has 4 aromatic rings. The number of pyridine rings is 1. The number of anilines is 3. The Morgan fingerprint density at radius 2 is 2.00 bits per heavy atom. The Morgan fingerprint density at radius 1 is 1.04 bits per heavy atom. The van der Waals surface area contributed by atoms with Gasteiger partial charge in [-0.15, -0.1) is 0 Å². The maximum Gasteiger partial charge on any atom is 0.228 e. The molecule has 0 saturated carbocycles. The van der Waals surface area contributed by atoms with Crippen molar-refractivity contribution in [1.82, 2.24) is 19.9 Å². The van der Waals surface area contributed by atoms with Crippen LogP contribution in [0.4, 0.5) is 17.3 Å². The summed E-state index contributed by atoms with van der Waals surface area (Å²) in [6.07, 6.45) is 5.37. The van der Waals surface area contributed by atoms with Gasteiger partial charge in [-0.05, 0) is 36.4 Å². The van der Waals surface area contributed by atoms with Crippen LogP contribution in [0.5, 0.6) is 0 Å². The molecule has 1 aromatic carbocycles. The summed E-state index contributed by atoms with van der Waals surface area (Å²) in [7, 11) is 0. The summed E-state index contributed by atoms with van der Waals surface area (Å²) in [4.78, 5) is 16.5. The first-order chi connectivity index (χ1) is 11.3. The number of aromatic amines is 1. The van der Waals surface area contributed by atoms with Gasteiger partial charge in [0.15, 0.2) is 0 Å². The lowest BCUT2D eigenvalue weighted by atomic mass is 10.2. The topological polar surface area (TPSA) is 92.5 Å². The Kier molecular flexibility index (Phi) is 3.12. The first kappa shape index (κ1) is 13.3. The first-order valence-electron chi connectivity index (χ1n) is 7.18. The number of hydrogen-bond acceptors (Lipinski definition) is 5. The van der Waals surface area contributed by atoms with E-state index in [0.29, 0.717) is 11.6 Å². The summed E-state index contributed by atoms with van der Waals surface area (Å²) in [5, 5.41) is 3.20. The van der Waals surface area contributed by atoms with Gasteiger partial charge in [0.2, 0.25) is 5.95 Å². The Labute approximate surface area is 132 Å². The maximum absolute atomic E-state index is 5.81. The Hall–Kier alpha value is -3.41. The van der Waals surface area contributed by atoms with Crippen molar-refractivity contribution < 1.29 is 0 Å². The van der Waals surface area contributed by atoms with Gasteiger partial charge in [0.1, 0.15) is 5.69 Å². The minimum absolute atomic E-state index is 0.515. The van der Waals surface area contributed by atoms with Gasteiger partial charge >= 0.3 is 0 Å². The normalized spacial score (nSPS) is 10.8. The average molecular weight is 302 g/mol. The summed E-state index contributed by atoms with van der Waals surface area (Å²) < 4.78 is 0. The van der Waals surface area contributed by atoms with Gasteiger partial charge in [-0.2, -0.15) is 0 Å². The van der Waals surface area contributed by atoms with E-state index in [-0.39, 0.29) is 0 Å². The second-order valence-corrected chi connectivity index (χ2v) is 5.13. The van der Waals surface area contributed by atoms with Crippen LogP contribution in [0.25, 0.3) is 22.3 Å². The average Bonchev–Trinajstić information content (AvgIpc) is 3.03. The lowest BCUT2D eigenvalue weighted by molar-refractivity contribution is 1.20. The summed E-state index contributed by atoms with van der Waals surface area (Å²) in [6.45, 7) is 0. The number of benzene rings is 1. The summed E-state index contributed by atoms with van der Waals surface area (Å²) in [5.74, 6) is 0.515. The predicted octanol–water partition coefficient (Wildman–Crippen LogP) is 3.35. The molecule has 4 N–H and O–H groups in total. The smallest absolute Gasteiger partial charge is 0.228 e. The molecule has 112 valence electrons. The number of aromatic nitrogens is 4. The van der Waals surface area contributed by atoms with Crippen LogP contribution < -0.4 is 11.1 Å². The quantitative estimate of drug-likeness (QED) is 0.505. The summed E-state index contributed by atoms with van der Waals surface area (Å²) in [5.41, 5.74) is 10.8. The molecule has 0 amide bonds. The standard InChI is InChI=1S/C17H14N6/c18-12-4-1-5-13(9-12)21-17-22-14-6-8-20-16(14)15(23-17)11-3-2-7-19-10-11/h1-10,20H,18H2,(H,21,22,23). The highest BCUT2D eigenvalue weighted by molar-refractivity contribution is 5.90. The third kappa shape index (κ3) is 2.57. The monoisotopic (exact) mass is 302 g/mol. The van der Waals surface area contributed by atoms with Crippen LogP contribution in [0, 0.1) is 0 Å². The van der Waals surface area contributed by atoms with E-state index in [1.54, 1.807) is 12.4 Å². The van der Waals surface area contributed by atoms with Crippen LogP contribution in [0.3, 0.4) is 0 Å². The van der Waals surface area contributed by atoms with Gasteiger partial charge < -0.3 is 16.0 Å². The van der Waals surface area contributed by atoms with Crippen molar-refractivity contribution in [3.63, 3.8) is 0 Å². The number of H-pyrrole nitrogens is 1. The predicted molar refractivity (Wildman–Crippen MR) is 91.3 cm³/mol. The molecule has 0 aliphatic heterocycles. The van der Waals surface area contributed by atoms with Crippen molar-refractivity contribution in [2.45, 2.75) is 0 Å². The van der Waals surface area contributed by atoms with Gasteiger partial charge in [-0.25, -0.2) is 9.97 Å². The van der Waals surface area contributed by atoms with E-state index in [1.807, 2.05) is 48.7 Å². The Bertz CT molecular complexity index is 961. The molecule has 0 spiro atoms. The van der Waals surface area contributed by atoms with Crippen molar-refractivity contribution in [3.8, 4) is 11.3 Å². The van der Waals surface area contributed by atoms with Gasteiger partial charge in [-0.3, -0.25) is 4.98 Å². The molecule has 6 heteroatoms. The first-order valence-corrected chi connectivity index (χ1v) is 7.18. The molecule has 0 unspecified atom stereocenters. The van der Waals surface area contributed by atoms with Crippen LogP contribution in [0.1, 0.15) is 0 Å². The number of fused-ring (bicyclic) bond motifs is 1. The van der Waals surface area contributed by atoms with Crippen LogP contribution in [0.15, 0.2) is 61.1 Å². The number of nitrogen functional groups attached to an aromatic ring is 1. The fourth-order valence-electron chi connectivity index (χ4n) is 2.46. The van der Waals surface area contributed by atoms with Crippen LogP contribution in [-0.4, -0.2) is 19.9 Å². The lowest BCUT2D eigenvalue weighted by Crippen LogP contribution is -2.00. The molecule has 0 atom stereocenters. The van der Waals surface area contributed by atoms with Crippen LogP contribution in [-0.2, 0) is 0 Å². The highest BCUT2D eigenvalue weighted by atomic mass is 15.1. The van der Waals surface area contributed by atoms with Crippen molar-refractivity contribution in [2.75, 3.05) is 11.1 Å². The Balaban J connectivity index is 1.82. The molecule has 4 rings (SSSR count). The maximum atomic E-state index is 5.81. The second kappa shape index (κ2) is 5.42. The van der Waals surface area contributed by atoms with E-state index in [1.165, 1.54) is 0 Å². The van der Waals surface area contributed by atoms with Gasteiger partial charge in [-0.1, -0.05) is 6.07 Å². The molecule has 0 radical (unpaired) electrons. The van der Waals surface area contributed by atoms with Crippen LogP contribution >= 0.6 is 0 Å². The molecular weight excluding hydrogens is 288 g/mol. The summed E-state index contributed by atoms with van der Waals surface area (Å²) in [6, 6.07) is 13.3. The number of nitrogens with zero attached hydrogens (tertiary/aromatic N) is 3. The molecule has 3 heterocycles. The van der Waals surface area contributed by atoms with Crippen molar-refractivity contribution in [1.29, 1.82) is 0 Å². The summed E-state index contributed by atoms with van der Waals surface area (Å²) >= 11 is 0. The largest absolute Gasteiger partial charge is 0.399 e. The highest BCUT2D eigenvalue weighted by Crippen LogP contribution is 2.26. The van der Waals surface area contributed by atoms with Crippen molar-refractivity contribution in [3.05, 3.63) is 61.1 Å². The zero-order valence-corrected chi connectivity index (χ0v) is 12.2. The zero-order chi connectivity index (χ0) is 15.6. The molecule has 3 aromatic heterocycles. The molecule has 23 heavy (non-hydrogen) atoms. The zero-order valence-electron chi connectivity index (χ0n) is 12.2. The lowest BCUT2D eigenvalue weighted by Gasteiger charge is -2.08. The van der Waals surface area contributed by atoms with E-state index in [2.05, 4.69) is 25.3 Å². The number of nitrogens with one attached hydrogen (secondary N) is 2. The van der Waals surface area contributed by atoms with E-state index in [0.717, 1.165) is 28.0 Å². The molecular formula is C17H14N6. The molecule has 0 saturated heterocycles. The van der Waals surface area contributed by atoms with E-state index < -0.39 is 0 Å². The van der Waals surface area contributed by atoms with E-state index >= 15 is 0 Å². The third-order valence-electron chi connectivity index (χ3n) is 3.48. The minimum Gasteiger partial charge on any atom is -0.399 e. The molecule has 0 fully saturated rings. The van der Waals surface area contributed by atoms with Crippen LogP contribution in [0.2, 0.25) is 0 Å². The van der Waals surface area contributed by atoms with E-state index in [9.17, 15) is 0 Å². The van der Waals surface area contributed by atoms with Gasteiger partial charge in [0, 0.05) is 35.5 Å². The van der Waals surface area contributed by atoms with Gasteiger partial charge in [0.25, 0.3) is 0 Å². The second-order valence-electron chi connectivity index (χ2n) is 5.13.